The number of benzene rings is 1. The highest BCUT2D eigenvalue weighted by Crippen LogP contribution is 2.19. The van der Waals surface area contributed by atoms with E-state index < -0.39 is 0 Å². The van der Waals surface area contributed by atoms with E-state index in [1.807, 2.05) is 24.3 Å². The summed E-state index contributed by atoms with van der Waals surface area (Å²) in [6, 6.07) is 7.67. The number of rotatable bonds is 9. The number of nitrogens with zero attached hydrogens (tertiary/aromatic N) is 1. The van der Waals surface area contributed by atoms with Gasteiger partial charge < -0.3 is 15.2 Å². The lowest BCUT2D eigenvalue weighted by Crippen LogP contribution is -2.52. The molecule has 0 aliphatic carbocycles. The number of methoxy groups -OCH3 is 1. The second-order valence-electron chi connectivity index (χ2n) is 5.16. The number of likely N-dealkylation sites (N-methyl/N-ethyl adjacent to an activating group) is 1. The minimum atomic E-state index is 0.0536. The van der Waals surface area contributed by atoms with E-state index in [9.17, 15) is 0 Å². The summed E-state index contributed by atoms with van der Waals surface area (Å²) in [6.45, 7) is 9.74. The molecule has 0 bridgehead atoms. The van der Waals surface area contributed by atoms with Crippen molar-refractivity contribution in [2.45, 2.75) is 32.7 Å². The lowest BCUT2D eigenvalue weighted by molar-refractivity contribution is 0.0929. The Morgan fingerprint density at radius 2 is 1.75 bits per heavy atom. The molecule has 0 saturated heterocycles. The molecular formula is C16H28N2O2. The Morgan fingerprint density at radius 3 is 2.20 bits per heavy atom. The number of hydrogen-bond acceptors (Lipinski definition) is 4. The second kappa shape index (κ2) is 8.12. The molecule has 0 aliphatic heterocycles. The summed E-state index contributed by atoms with van der Waals surface area (Å²) in [4.78, 5) is 2.39. The first-order valence-electron chi connectivity index (χ1n) is 7.31. The fraction of sp³-hybridized carbons (Fsp3) is 0.625. The van der Waals surface area contributed by atoms with Gasteiger partial charge in [0.2, 0.25) is 0 Å². The van der Waals surface area contributed by atoms with Gasteiger partial charge in [0, 0.05) is 18.6 Å². The van der Waals surface area contributed by atoms with Crippen molar-refractivity contribution >= 4 is 0 Å². The molecule has 0 amide bonds. The van der Waals surface area contributed by atoms with E-state index in [0.717, 1.165) is 31.0 Å². The first-order chi connectivity index (χ1) is 9.59. The van der Waals surface area contributed by atoms with Gasteiger partial charge >= 0.3 is 0 Å². The number of nitrogens with two attached hydrogens (primary N) is 1. The molecule has 0 aromatic heterocycles. The van der Waals surface area contributed by atoms with Crippen molar-refractivity contribution in [1.82, 2.24) is 4.90 Å². The van der Waals surface area contributed by atoms with E-state index in [2.05, 4.69) is 25.7 Å². The standard InChI is InChI=1S/C16H28N2O2/c1-5-16(3,13-17)18(6-2)11-12-20-15-9-7-14(19-4)8-10-15/h7-10H,5-6,11-13,17H2,1-4H3. The maximum atomic E-state index is 5.91. The molecule has 20 heavy (non-hydrogen) atoms. The largest absolute Gasteiger partial charge is 0.497 e. The summed E-state index contributed by atoms with van der Waals surface area (Å²) in [5.41, 5.74) is 5.97. The van der Waals surface area contributed by atoms with Crippen molar-refractivity contribution in [3.8, 4) is 11.5 Å². The zero-order chi connectivity index (χ0) is 15.0. The van der Waals surface area contributed by atoms with Crippen molar-refractivity contribution in [1.29, 1.82) is 0 Å². The third-order valence-corrected chi connectivity index (χ3v) is 4.04. The average molecular weight is 280 g/mol. The van der Waals surface area contributed by atoms with Crippen LogP contribution in [0.2, 0.25) is 0 Å². The van der Waals surface area contributed by atoms with Crippen molar-refractivity contribution in [3.05, 3.63) is 24.3 Å². The minimum Gasteiger partial charge on any atom is -0.497 e. The summed E-state index contributed by atoms with van der Waals surface area (Å²) >= 11 is 0. The zero-order valence-electron chi connectivity index (χ0n) is 13.2. The normalized spacial score (nSPS) is 14.1. The van der Waals surface area contributed by atoms with Crippen LogP contribution in [0.1, 0.15) is 27.2 Å². The fourth-order valence-corrected chi connectivity index (χ4v) is 2.25. The summed E-state index contributed by atoms with van der Waals surface area (Å²) in [6.07, 6.45) is 1.04. The van der Waals surface area contributed by atoms with Gasteiger partial charge in [0.25, 0.3) is 0 Å². The predicted molar refractivity (Wildman–Crippen MR) is 83.5 cm³/mol. The lowest BCUT2D eigenvalue weighted by atomic mass is 9.96. The van der Waals surface area contributed by atoms with E-state index in [-0.39, 0.29) is 5.54 Å². The van der Waals surface area contributed by atoms with E-state index in [1.54, 1.807) is 7.11 Å². The molecule has 114 valence electrons. The van der Waals surface area contributed by atoms with Crippen LogP contribution in [-0.2, 0) is 0 Å². The van der Waals surface area contributed by atoms with E-state index >= 15 is 0 Å². The van der Waals surface area contributed by atoms with Crippen LogP contribution in [0.15, 0.2) is 24.3 Å². The zero-order valence-corrected chi connectivity index (χ0v) is 13.2. The van der Waals surface area contributed by atoms with Crippen molar-refractivity contribution in [3.63, 3.8) is 0 Å². The molecule has 4 nitrogen and oxygen atoms in total. The van der Waals surface area contributed by atoms with Crippen molar-refractivity contribution in [2.75, 3.05) is 33.4 Å². The third kappa shape index (κ3) is 4.39. The topological polar surface area (TPSA) is 47.7 Å². The van der Waals surface area contributed by atoms with Gasteiger partial charge in [-0.05, 0) is 44.2 Å². The Balaban J connectivity index is 2.48. The van der Waals surface area contributed by atoms with Gasteiger partial charge in [0.05, 0.1) is 7.11 Å². The van der Waals surface area contributed by atoms with Gasteiger partial charge in [0.15, 0.2) is 0 Å². The van der Waals surface area contributed by atoms with Crippen molar-refractivity contribution in [2.24, 2.45) is 5.73 Å². The predicted octanol–water partition coefficient (Wildman–Crippen LogP) is 2.52. The highest BCUT2D eigenvalue weighted by molar-refractivity contribution is 5.31. The molecule has 1 unspecified atom stereocenters. The summed E-state index contributed by atoms with van der Waals surface area (Å²) < 4.78 is 10.9. The molecule has 4 heteroatoms. The molecule has 1 aromatic rings. The van der Waals surface area contributed by atoms with E-state index in [1.165, 1.54) is 0 Å². The molecule has 0 heterocycles. The second-order valence-corrected chi connectivity index (χ2v) is 5.16. The van der Waals surface area contributed by atoms with Crippen LogP contribution < -0.4 is 15.2 Å². The van der Waals surface area contributed by atoms with Gasteiger partial charge in [-0.25, -0.2) is 0 Å². The molecule has 0 radical (unpaired) electrons. The van der Waals surface area contributed by atoms with Crippen LogP contribution in [0.4, 0.5) is 0 Å². The SMILES string of the molecule is CCN(CCOc1ccc(OC)cc1)C(C)(CC)CN. The first kappa shape index (κ1) is 16.8. The van der Waals surface area contributed by atoms with Gasteiger partial charge in [-0.15, -0.1) is 0 Å². The molecule has 0 saturated carbocycles. The average Bonchev–Trinajstić information content (AvgIpc) is 2.51. The lowest BCUT2D eigenvalue weighted by Gasteiger charge is -2.39. The third-order valence-electron chi connectivity index (χ3n) is 4.04. The molecule has 1 atom stereocenters. The molecule has 1 rings (SSSR count). The number of hydrogen-bond donors (Lipinski definition) is 1. The van der Waals surface area contributed by atoms with Gasteiger partial charge in [-0.3, -0.25) is 4.90 Å². The first-order valence-corrected chi connectivity index (χ1v) is 7.31. The van der Waals surface area contributed by atoms with Crippen LogP contribution in [0.3, 0.4) is 0 Å². The van der Waals surface area contributed by atoms with Gasteiger partial charge in [-0.2, -0.15) is 0 Å². The molecule has 0 aliphatic rings. The Kier molecular flexibility index (Phi) is 6.82. The molecule has 0 fully saturated rings. The Morgan fingerprint density at radius 1 is 1.15 bits per heavy atom. The van der Waals surface area contributed by atoms with Crippen LogP contribution >= 0.6 is 0 Å². The van der Waals surface area contributed by atoms with Crippen LogP contribution in [0, 0.1) is 0 Å². The number of ether oxygens (including phenoxy) is 2. The highest BCUT2D eigenvalue weighted by Gasteiger charge is 2.26. The summed E-state index contributed by atoms with van der Waals surface area (Å²) in [5.74, 6) is 1.71. The molecule has 2 N–H and O–H groups in total. The summed E-state index contributed by atoms with van der Waals surface area (Å²) in [5, 5.41) is 0. The van der Waals surface area contributed by atoms with Crippen LogP contribution in [0.5, 0.6) is 11.5 Å². The van der Waals surface area contributed by atoms with E-state index in [0.29, 0.717) is 13.2 Å². The van der Waals surface area contributed by atoms with Gasteiger partial charge in [-0.1, -0.05) is 13.8 Å². The molecular weight excluding hydrogens is 252 g/mol. The minimum absolute atomic E-state index is 0.0536. The van der Waals surface area contributed by atoms with Crippen LogP contribution in [-0.4, -0.2) is 43.8 Å². The molecule has 1 aromatic carbocycles. The maximum absolute atomic E-state index is 5.91. The van der Waals surface area contributed by atoms with Crippen molar-refractivity contribution < 1.29 is 9.47 Å². The quantitative estimate of drug-likeness (QED) is 0.755. The van der Waals surface area contributed by atoms with E-state index in [4.69, 9.17) is 15.2 Å². The van der Waals surface area contributed by atoms with Crippen LogP contribution in [0.25, 0.3) is 0 Å². The Bertz CT molecular complexity index is 375. The Labute approximate surface area is 122 Å². The Hall–Kier alpha value is -1.26. The maximum Gasteiger partial charge on any atom is 0.119 e. The fourth-order valence-electron chi connectivity index (χ4n) is 2.25. The summed E-state index contributed by atoms with van der Waals surface area (Å²) in [7, 11) is 1.66. The molecule has 0 spiro atoms. The highest BCUT2D eigenvalue weighted by atomic mass is 16.5. The monoisotopic (exact) mass is 280 g/mol. The smallest absolute Gasteiger partial charge is 0.119 e. The van der Waals surface area contributed by atoms with Gasteiger partial charge in [0.1, 0.15) is 18.1 Å².